The molecule has 4 N–H and O–H groups in total. The number of aromatic nitrogens is 4. The molecule has 2 fully saturated rings. The standard InChI is InChI=1S/C33H40ClFN7O6P/c1-20(2)46-30(43)21(3)41-49(44,48-23-13-9-6-10-14-23)45-18-24-32(4)33(24,15-16-36)26(35)29(47-32)42-19-38-25-27(39-31(34)40-28(25)42)37-17-22-11-7-5-8-12-22/h5-14,19-21,24,26,29H,15-18,36H2,1-4H3,(H,41,44)(H,37,39,40)/t21-,24-,26?,29+,32?,33?,49?/m0/s1. The highest BCUT2D eigenvalue weighted by Gasteiger charge is 2.84. The maximum atomic E-state index is 16.9. The van der Waals surface area contributed by atoms with Crippen LogP contribution in [0.25, 0.3) is 11.2 Å². The summed E-state index contributed by atoms with van der Waals surface area (Å²) in [5.74, 6) is -0.529. The fraction of sp³-hybridized carbons (Fsp3) is 0.455. The molecule has 2 aromatic heterocycles. The van der Waals surface area contributed by atoms with Crippen LogP contribution >= 0.6 is 19.3 Å². The van der Waals surface area contributed by atoms with E-state index < -0.39 is 49.1 Å². The minimum atomic E-state index is -4.20. The van der Waals surface area contributed by atoms with E-state index in [1.165, 1.54) is 17.8 Å². The maximum absolute atomic E-state index is 16.9. The molecule has 1 aliphatic heterocycles. The number of halogens is 2. The molecule has 6 rings (SSSR count). The Balaban J connectivity index is 1.22. The first-order valence-electron chi connectivity index (χ1n) is 16.1. The third kappa shape index (κ3) is 6.78. The molecule has 0 amide bonds. The van der Waals surface area contributed by atoms with Crippen molar-refractivity contribution in [2.24, 2.45) is 17.1 Å². The highest BCUT2D eigenvalue weighted by Crippen LogP contribution is 2.76. The van der Waals surface area contributed by atoms with E-state index >= 15 is 4.39 Å². The van der Waals surface area contributed by atoms with E-state index in [0.29, 0.717) is 23.5 Å². The second-order valence-corrected chi connectivity index (χ2v) is 14.7. The first-order valence-corrected chi connectivity index (χ1v) is 18.0. The van der Waals surface area contributed by atoms with Gasteiger partial charge in [-0.25, -0.2) is 13.9 Å². The summed E-state index contributed by atoms with van der Waals surface area (Å²) in [6.45, 7) is 7.13. The second kappa shape index (κ2) is 13.9. The lowest BCUT2D eigenvalue weighted by Gasteiger charge is -2.27. The van der Waals surface area contributed by atoms with E-state index in [9.17, 15) is 9.36 Å². The molecular weight excluding hydrogens is 676 g/mol. The van der Waals surface area contributed by atoms with Crippen molar-refractivity contribution < 1.29 is 32.3 Å². The molecule has 0 radical (unpaired) electrons. The van der Waals surface area contributed by atoms with Crippen molar-refractivity contribution >= 4 is 42.3 Å². The molecule has 2 aromatic carbocycles. The summed E-state index contributed by atoms with van der Waals surface area (Å²) in [4.78, 5) is 25.8. The topological polar surface area (TPSA) is 165 Å². The number of para-hydroxylation sites is 1. The number of ether oxygens (including phenoxy) is 2. The van der Waals surface area contributed by atoms with Gasteiger partial charge in [-0.15, -0.1) is 0 Å². The van der Waals surface area contributed by atoms with Crippen molar-refractivity contribution in [3.8, 4) is 5.75 Å². The third-order valence-electron chi connectivity index (χ3n) is 9.20. The second-order valence-electron chi connectivity index (χ2n) is 12.7. The number of nitrogens with one attached hydrogen (secondary N) is 2. The molecule has 7 atom stereocenters. The van der Waals surface area contributed by atoms with Crippen molar-refractivity contribution in [2.45, 2.75) is 70.8 Å². The minimum absolute atomic E-state index is 0.0364. The number of imidazole rings is 1. The summed E-state index contributed by atoms with van der Waals surface area (Å²) in [5.41, 5.74) is 5.62. The Labute approximate surface area is 288 Å². The SMILES string of the molecule is CC(C)OC(=O)[C@H](C)NP(=O)(OC[C@H]1C2(C)O[C@@H](n3cnc4c(NCc5ccccc5)nc(Cl)nc43)C(F)C12CCN)Oc1ccccc1. The van der Waals surface area contributed by atoms with Crippen molar-refractivity contribution in [3.05, 3.63) is 77.8 Å². The number of benzene rings is 2. The van der Waals surface area contributed by atoms with Gasteiger partial charge in [0, 0.05) is 17.9 Å². The van der Waals surface area contributed by atoms with Gasteiger partial charge in [-0.05, 0) is 70.0 Å². The van der Waals surface area contributed by atoms with Crippen LogP contribution in [0.1, 0.15) is 45.9 Å². The molecule has 16 heteroatoms. The number of hydrogen-bond donors (Lipinski definition) is 3. The van der Waals surface area contributed by atoms with Crippen LogP contribution in [0, 0.1) is 11.3 Å². The summed E-state index contributed by atoms with van der Waals surface area (Å²) < 4.78 is 56.0. The monoisotopic (exact) mass is 715 g/mol. The van der Waals surface area contributed by atoms with Gasteiger partial charge < -0.3 is 25.0 Å². The smallest absolute Gasteiger partial charge is 0.459 e. The van der Waals surface area contributed by atoms with E-state index in [0.717, 1.165) is 5.56 Å². The molecule has 4 aromatic rings. The molecule has 0 spiro atoms. The zero-order valence-electron chi connectivity index (χ0n) is 27.6. The number of fused-ring (bicyclic) bond motifs is 2. The molecule has 262 valence electrons. The fourth-order valence-electron chi connectivity index (χ4n) is 6.80. The Bertz CT molecular complexity index is 1840. The lowest BCUT2D eigenvalue weighted by atomic mass is 9.91. The maximum Gasteiger partial charge on any atom is 0.459 e. The summed E-state index contributed by atoms with van der Waals surface area (Å²) in [5, 5.41) is 5.89. The molecule has 3 heterocycles. The summed E-state index contributed by atoms with van der Waals surface area (Å²) in [7, 11) is -4.20. The number of carbonyl (C=O) groups excluding carboxylic acids is 1. The first-order chi connectivity index (χ1) is 23.4. The van der Waals surface area contributed by atoms with Crippen LogP contribution in [0.3, 0.4) is 0 Å². The number of nitrogens with two attached hydrogens (primary N) is 1. The van der Waals surface area contributed by atoms with Gasteiger partial charge in [0.1, 0.15) is 11.8 Å². The lowest BCUT2D eigenvalue weighted by Crippen LogP contribution is -2.36. The molecular formula is C33H40ClFN7O6P. The molecule has 1 saturated carbocycles. The Morgan fingerprint density at radius 3 is 2.51 bits per heavy atom. The van der Waals surface area contributed by atoms with E-state index in [1.54, 1.807) is 51.1 Å². The normalized spacial score (nSPS) is 26.2. The molecule has 13 nitrogen and oxygen atoms in total. The van der Waals surface area contributed by atoms with E-state index in [4.69, 9.17) is 35.9 Å². The Morgan fingerprint density at radius 1 is 1.14 bits per heavy atom. The van der Waals surface area contributed by atoms with Crippen LogP contribution in [-0.4, -0.2) is 62.6 Å². The molecule has 49 heavy (non-hydrogen) atoms. The molecule has 0 bridgehead atoms. The van der Waals surface area contributed by atoms with E-state index in [2.05, 4.69) is 25.4 Å². The van der Waals surface area contributed by atoms with Gasteiger partial charge >= 0.3 is 13.7 Å². The van der Waals surface area contributed by atoms with Gasteiger partial charge in [0.25, 0.3) is 0 Å². The zero-order valence-corrected chi connectivity index (χ0v) is 29.2. The van der Waals surface area contributed by atoms with E-state index in [-0.39, 0.29) is 36.7 Å². The number of esters is 1. The molecule has 1 saturated heterocycles. The van der Waals surface area contributed by atoms with Gasteiger partial charge in [0.15, 0.2) is 29.4 Å². The lowest BCUT2D eigenvalue weighted by molar-refractivity contribution is -0.149. The summed E-state index contributed by atoms with van der Waals surface area (Å²) >= 11 is 6.32. The van der Waals surface area contributed by atoms with Crippen molar-refractivity contribution in [1.29, 1.82) is 0 Å². The van der Waals surface area contributed by atoms with Gasteiger partial charge in [0.2, 0.25) is 5.28 Å². The van der Waals surface area contributed by atoms with Gasteiger partial charge in [-0.3, -0.25) is 13.9 Å². The van der Waals surface area contributed by atoms with Crippen LogP contribution in [-0.2, 0) is 29.9 Å². The predicted octanol–water partition coefficient (Wildman–Crippen LogP) is 5.82. The van der Waals surface area contributed by atoms with Crippen molar-refractivity contribution in [1.82, 2.24) is 24.6 Å². The molecule has 2 aliphatic rings. The number of nitrogens with zero attached hydrogens (tertiary/aromatic N) is 4. The summed E-state index contributed by atoms with van der Waals surface area (Å²) in [6, 6.07) is 17.1. The van der Waals surface area contributed by atoms with Crippen LogP contribution in [0.4, 0.5) is 10.2 Å². The van der Waals surface area contributed by atoms with Crippen molar-refractivity contribution in [3.63, 3.8) is 0 Å². The fourth-order valence-corrected chi connectivity index (χ4v) is 8.47. The Morgan fingerprint density at radius 2 is 1.84 bits per heavy atom. The summed E-state index contributed by atoms with van der Waals surface area (Å²) in [6.07, 6.45) is -1.35. The first kappa shape index (κ1) is 35.2. The molecule has 1 aliphatic carbocycles. The quantitative estimate of drug-likeness (QED) is 0.0769. The van der Waals surface area contributed by atoms with Crippen LogP contribution in [0.15, 0.2) is 67.0 Å². The molecule has 4 unspecified atom stereocenters. The largest absolute Gasteiger partial charge is 0.462 e. The van der Waals surface area contributed by atoms with Gasteiger partial charge in [-0.1, -0.05) is 48.5 Å². The van der Waals surface area contributed by atoms with Gasteiger partial charge in [-0.2, -0.15) is 15.1 Å². The van der Waals surface area contributed by atoms with Crippen LogP contribution in [0.5, 0.6) is 5.75 Å². The average Bonchev–Trinajstić information content (AvgIpc) is 3.26. The third-order valence-corrected chi connectivity index (χ3v) is 11.0. The highest BCUT2D eigenvalue weighted by molar-refractivity contribution is 7.52. The van der Waals surface area contributed by atoms with Crippen LogP contribution in [0.2, 0.25) is 5.28 Å². The number of alkyl halides is 1. The predicted molar refractivity (Wildman–Crippen MR) is 182 cm³/mol. The zero-order chi connectivity index (χ0) is 35.0. The Hall–Kier alpha value is -3.65. The highest BCUT2D eigenvalue weighted by atomic mass is 35.5. The minimum Gasteiger partial charge on any atom is -0.462 e. The average molecular weight is 716 g/mol. The number of hydrogen-bond acceptors (Lipinski definition) is 11. The number of anilines is 1. The number of carbonyl (C=O) groups is 1. The number of rotatable bonds is 15. The van der Waals surface area contributed by atoms with Crippen LogP contribution < -0.4 is 20.7 Å². The van der Waals surface area contributed by atoms with Gasteiger partial charge in [0.05, 0.1) is 24.6 Å². The Kier molecular flexibility index (Phi) is 10.0. The van der Waals surface area contributed by atoms with E-state index in [1.807, 2.05) is 30.3 Å². The van der Waals surface area contributed by atoms with Crippen molar-refractivity contribution in [2.75, 3.05) is 18.5 Å².